The normalized spacial score (nSPS) is 12.6. The van der Waals surface area contributed by atoms with Gasteiger partial charge in [-0.25, -0.2) is 0 Å². The number of nitrogens with one attached hydrogen (secondary N) is 1. The van der Waals surface area contributed by atoms with Crippen molar-refractivity contribution in [1.82, 2.24) is 5.32 Å². The number of allylic oxidation sites excluding steroid dienone is 1. The first kappa shape index (κ1) is 21.9. The standard InChI is InChI=1S/C21H27NO5S/c1-4-7-17-10-12-19(13-11-17)28(24,25)27-21-9-6-5-8-20(21)26-15-18(23)14-22-16(2)3/h4-6,8-13,16,18,22-23H,1,7,14-15H2,2-3H3. The van der Waals surface area contributed by atoms with Crippen molar-refractivity contribution in [2.75, 3.05) is 13.2 Å². The second-order valence-corrected chi connectivity index (χ2v) is 8.20. The Bertz CT molecular complexity index is 863. The molecule has 0 radical (unpaired) electrons. The van der Waals surface area contributed by atoms with Crippen LogP contribution in [0.3, 0.4) is 0 Å². The molecule has 0 saturated carbocycles. The van der Waals surface area contributed by atoms with Gasteiger partial charge in [0.05, 0.1) is 0 Å². The lowest BCUT2D eigenvalue weighted by Gasteiger charge is -2.16. The van der Waals surface area contributed by atoms with Gasteiger partial charge in [0.15, 0.2) is 11.5 Å². The number of aliphatic hydroxyl groups is 1. The van der Waals surface area contributed by atoms with E-state index in [2.05, 4.69) is 11.9 Å². The van der Waals surface area contributed by atoms with Crippen molar-refractivity contribution < 1.29 is 22.4 Å². The molecule has 2 rings (SSSR count). The molecule has 1 atom stereocenters. The summed E-state index contributed by atoms with van der Waals surface area (Å²) >= 11 is 0. The zero-order chi connectivity index (χ0) is 20.6. The van der Waals surface area contributed by atoms with Crippen molar-refractivity contribution in [3.63, 3.8) is 0 Å². The molecule has 0 bridgehead atoms. The van der Waals surface area contributed by atoms with E-state index in [4.69, 9.17) is 8.92 Å². The fourth-order valence-corrected chi connectivity index (χ4v) is 3.32. The molecule has 0 aromatic heterocycles. The van der Waals surface area contributed by atoms with Gasteiger partial charge < -0.3 is 19.3 Å². The van der Waals surface area contributed by atoms with Crippen molar-refractivity contribution in [1.29, 1.82) is 0 Å². The number of aliphatic hydroxyl groups excluding tert-OH is 1. The molecule has 0 fully saturated rings. The van der Waals surface area contributed by atoms with Gasteiger partial charge in [0.25, 0.3) is 0 Å². The first-order chi connectivity index (χ1) is 13.3. The van der Waals surface area contributed by atoms with E-state index >= 15 is 0 Å². The summed E-state index contributed by atoms with van der Waals surface area (Å²) in [6, 6.07) is 13.2. The number of para-hydroxylation sites is 2. The summed E-state index contributed by atoms with van der Waals surface area (Å²) in [5, 5.41) is 13.1. The van der Waals surface area contributed by atoms with Crippen molar-refractivity contribution in [2.24, 2.45) is 0 Å². The summed E-state index contributed by atoms with van der Waals surface area (Å²) in [6.07, 6.45) is 1.68. The van der Waals surface area contributed by atoms with E-state index in [1.807, 2.05) is 13.8 Å². The van der Waals surface area contributed by atoms with Crippen LogP contribution in [0.25, 0.3) is 0 Å². The van der Waals surface area contributed by atoms with Crippen LogP contribution < -0.4 is 14.2 Å². The molecule has 2 aromatic rings. The van der Waals surface area contributed by atoms with Crippen molar-refractivity contribution in [3.8, 4) is 11.5 Å². The smallest absolute Gasteiger partial charge is 0.339 e. The highest BCUT2D eigenvalue weighted by molar-refractivity contribution is 7.87. The van der Waals surface area contributed by atoms with Gasteiger partial charge in [0, 0.05) is 12.6 Å². The summed E-state index contributed by atoms with van der Waals surface area (Å²) in [6.45, 7) is 8.00. The van der Waals surface area contributed by atoms with E-state index in [0.29, 0.717) is 13.0 Å². The Morgan fingerprint density at radius 2 is 1.75 bits per heavy atom. The van der Waals surface area contributed by atoms with Crippen molar-refractivity contribution in [2.45, 2.75) is 37.3 Å². The van der Waals surface area contributed by atoms with Gasteiger partial charge in [0.1, 0.15) is 17.6 Å². The molecule has 0 amide bonds. The Hall–Kier alpha value is -2.35. The second kappa shape index (κ2) is 10.3. The molecule has 0 spiro atoms. The first-order valence-corrected chi connectivity index (χ1v) is 10.5. The highest BCUT2D eigenvalue weighted by Crippen LogP contribution is 2.29. The van der Waals surface area contributed by atoms with Crippen LogP contribution in [0.1, 0.15) is 19.4 Å². The number of ether oxygens (including phenoxy) is 1. The Labute approximate surface area is 166 Å². The monoisotopic (exact) mass is 405 g/mol. The third kappa shape index (κ3) is 6.67. The lowest BCUT2D eigenvalue weighted by atomic mass is 10.2. The fraction of sp³-hybridized carbons (Fsp3) is 0.333. The average Bonchev–Trinajstić information content (AvgIpc) is 2.66. The van der Waals surface area contributed by atoms with E-state index in [0.717, 1.165) is 5.56 Å². The summed E-state index contributed by atoms with van der Waals surface area (Å²) in [7, 11) is -4.01. The van der Waals surface area contributed by atoms with Gasteiger partial charge in [-0.2, -0.15) is 8.42 Å². The molecule has 2 aromatic carbocycles. The topological polar surface area (TPSA) is 84.9 Å². The van der Waals surface area contributed by atoms with Crippen LogP contribution in [-0.2, 0) is 16.5 Å². The van der Waals surface area contributed by atoms with Crippen LogP contribution in [0, 0.1) is 0 Å². The van der Waals surface area contributed by atoms with Crippen molar-refractivity contribution in [3.05, 3.63) is 66.7 Å². The van der Waals surface area contributed by atoms with Gasteiger partial charge in [-0.1, -0.05) is 44.2 Å². The molecule has 152 valence electrons. The van der Waals surface area contributed by atoms with E-state index < -0.39 is 16.2 Å². The molecular weight excluding hydrogens is 378 g/mol. The molecule has 2 N–H and O–H groups in total. The minimum absolute atomic E-state index is 0.0103. The van der Waals surface area contributed by atoms with Crippen LogP contribution in [0.15, 0.2) is 66.1 Å². The Balaban J connectivity index is 2.08. The van der Waals surface area contributed by atoms with Crippen LogP contribution in [0.4, 0.5) is 0 Å². The SMILES string of the molecule is C=CCc1ccc(S(=O)(=O)Oc2ccccc2OCC(O)CNC(C)C)cc1. The van der Waals surface area contributed by atoms with Gasteiger partial charge in [-0.15, -0.1) is 6.58 Å². The second-order valence-electron chi connectivity index (χ2n) is 6.65. The maximum Gasteiger partial charge on any atom is 0.339 e. The molecule has 0 saturated heterocycles. The third-order valence-corrected chi connectivity index (χ3v) is 5.08. The van der Waals surface area contributed by atoms with Gasteiger partial charge in [-0.05, 0) is 36.2 Å². The van der Waals surface area contributed by atoms with Crippen LogP contribution in [-0.4, -0.2) is 38.8 Å². The van der Waals surface area contributed by atoms with Gasteiger partial charge >= 0.3 is 10.1 Å². The minimum Gasteiger partial charge on any atom is -0.487 e. The quantitative estimate of drug-likeness (QED) is 0.442. The summed E-state index contributed by atoms with van der Waals surface area (Å²) in [4.78, 5) is 0.0521. The van der Waals surface area contributed by atoms with E-state index in [-0.39, 0.29) is 29.0 Å². The third-order valence-electron chi connectivity index (χ3n) is 3.83. The number of hydrogen-bond acceptors (Lipinski definition) is 6. The highest BCUT2D eigenvalue weighted by Gasteiger charge is 2.19. The largest absolute Gasteiger partial charge is 0.487 e. The predicted octanol–water partition coefficient (Wildman–Crippen LogP) is 2.92. The lowest BCUT2D eigenvalue weighted by molar-refractivity contribution is 0.104. The molecule has 0 heterocycles. The summed E-state index contributed by atoms with van der Waals surface area (Å²) < 4.78 is 36.0. The molecule has 6 nitrogen and oxygen atoms in total. The van der Waals surface area contributed by atoms with Gasteiger partial charge in [-0.3, -0.25) is 0 Å². The number of rotatable bonds is 11. The number of hydrogen-bond donors (Lipinski definition) is 2. The average molecular weight is 406 g/mol. The molecule has 1 unspecified atom stereocenters. The molecule has 7 heteroatoms. The highest BCUT2D eigenvalue weighted by atomic mass is 32.2. The molecule has 0 aliphatic carbocycles. The Morgan fingerprint density at radius 1 is 1.11 bits per heavy atom. The van der Waals surface area contributed by atoms with Gasteiger partial charge in [0.2, 0.25) is 0 Å². The van der Waals surface area contributed by atoms with E-state index in [9.17, 15) is 13.5 Å². The minimum atomic E-state index is -4.01. The fourth-order valence-electron chi connectivity index (χ4n) is 2.38. The number of benzene rings is 2. The zero-order valence-corrected chi connectivity index (χ0v) is 17.0. The van der Waals surface area contributed by atoms with E-state index in [1.165, 1.54) is 18.2 Å². The zero-order valence-electron chi connectivity index (χ0n) is 16.2. The van der Waals surface area contributed by atoms with Crippen molar-refractivity contribution >= 4 is 10.1 Å². The maximum atomic E-state index is 12.6. The molecule has 28 heavy (non-hydrogen) atoms. The molecule has 0 aliphatic heterocycles. The predicted molar refractivity (Wildman–Crippen MR) is 109 cm³/mol. The first-order valence-electron chi connectivity index (χ1n) is 9.09. The molecule has 0 aliphatic rings. The Morgan fingerprint density at radius 3 is 2.36 bits per heavy atom. The van der Waals surface area contributed by atoms with E-state index in [1.54, 1.807) is 36.4 Å². The summed E-state index contributed by atoms with van der Waals surface area (Å²) in [5.41, 5.74) is 0.960. The van der Waals surface area contributed by atoms with Crippen LogP contribution >= 0.6 is 0 Å². The van der Waals surface area contributed by atoms with Crippen LogP contribution in [0.2, 0.25) is 0 Å². The summed E-state index contributed by atoms with van der Waals surface area (Å²) in [5.74, 6) is 0.319. The Kier molecular flexibility index (Phi) is 8.04. The lowest BCUT2D eigenvalue weighted by Crippen LogP contribution is -2.35. The molecular formula is C21H27NO5S. The van der Waals surface area contributed by atoms with Crippen LogP contribution in [0.5, 0.6) is 11.5 Å². The maximum absolute atomic E-state index is 12.6.